The summed E-state index contributed by atoms with van der Waals surface area (Å²) < 4.78 is 37.2. The Labute approximate surface area is 122 Å². The van der Waals surface area contributed by atoms with Gasteiger partial charge in [0.25, 0.3) is 0 Å². The molecule has 1 heterocycles. The minimum Gasteiger partial charge on any atom is -0.372 e. The van der Waals surface area contributed by atoms with Crippen molar-refractivity contribution in [3.63, 3.8) is 0 Å². The van der Waals surface area contributed by atoms with Crippen LogP contribution in [0.1, 0.15) is 19.8 Å². The number of rotatable bonds is 2. The van der Waals surface area contributed by atoms with Crippen molar-refractivity contribution < 1.29 is 18.0 Å². The number of benzene rings is 1. The molecule has 0 saturated carbocycles. The van der Waals surface area contributed by atoms with Gasteiger partial charge >= 0.3 is 12.1 Å². The Hall–Kier alpha value is -1.72. The molecule has 6 heteroatoms. The molecule has 0 atom stereocenters. The number of carbonyl (C=O) groups is 1. The Morgan fingerprint density at radius 3 is 2.19 bits per heavy atom. The molecule has 2 rings (SSSR count). The predicted molar refractivity (Wildman–Crippen MR) is 76.5 cm³/mol. The van der Waals surface area contributed by atoms with Crippen LogP contribution in [0, 0.1) is 5.92 Å². The SMILES string of the molecule is CC1CCN(c2ccc(N(C)C(=O)C(F)(F)F)cc2)CC1. The molecule has 1 saturated heterocycles. The maximum Gasteiger partial charge on any atom is 0.471 e. The van der Waals surface area contributed by atoms with E-state index in [4.69, 9.17) is 0 Å². The predicted octanol–water partition coefficient (Wildman–Crippen LogP) is 3.45. The van der Waals surface area contributed by atoms with Crippen LogP contribution in [0.2, 0.25) is 0 Å². The van der Waals surface area contributed by atoms with Crippen molar-refractivity contribution in [2.45, 2.75) is 25.9 Å². The Bertz CT molecular complexity index is 491. The number of nitrogens with zero attached hydrogens (tertiary/aromatic N) is 2. The Balaban J connectivity index is 2.07. The Kier molecular flexibility index (Phi) is 4.44. The molecule has 3 nitrogen and oxygen atoms in total. The fourth-order valence-corrected chi connectivity index (χ4v) is 2.46. The number of amides is 1. The zero-order chi connectivity index (χ0) is 15.6. The van der Waals surface area contributed by atoms with E-state index in [1.165, 1.54) is 0 Å². The molecule has 116 valence electrons. The average molecular weight is 300 g/mol. The summed E-state index contributed by atoms with van der Waals surface area (Å²) in [6, 6.07) is 6.64. The number of alkyl halides is 3. The summed E-state index contributed by atoms with van der Waals surface area (Å²) in [6.45, 7) is 4.13. The number of anilines is 2. The van der Waals surface area contributed by atoms with E-state index in [1.54, 1.807) is 24.3 Å². The van der Waals surface area contributed by atoms with Crippen molar-refractivity contribution in [1.82, 2.24) is 0 Å². The highest BCUT2D eigenvalue weighted by atomic mass is 19.4. The van der Waals surface area contributed by atoms with Crippen LogP contribution < -0.4 is 9.80 Å². The number of hydrogen-bond donors (Lipinski definition) is 0. The Morgan fingerprint density at radius 2 is 1.71 bits per heavy atom. The molecule has 0 bridgehead atoms. The highest BCUT2D eigenvalue weighted by Crippen LogP contribution is 2.27. The lowest BCUT2D eigenvalue weighted by molar-refractivity contribution is -0.170. The van der Waals surface area contributed by atoms with Gasteiger partial charge in [-0.3, -0.25) is 4.79 Å². The maximum absolute atomic E-state index is 12.4. The molecule has 1 aliphatic rings. The second-order valence-corrected chi connectivity index (χ2v) is 5.55. The van der Waals surface area contributed by atoms with E-state index in [9.17, 15) is 18.0 Å². The summed E-state index contributed by atoms with van der Waals surface area (Å²) in [4.78, 5) is 14.0. The monoisotopic (exact) mass is 300 g/mol. The molecule has 1 aromatic rings. The van der Waals surface area contributed by atoms with Gasteiger partial charge in [0, 0.05) is 31.5 Å². The molecule has 1 fully saturated rings. The first-order chi connectivity index (χ1) is 9.79. The molecule has 0 unspecified atom stereocenters. The number of carbonyl (C=O) groups excluding carboxylic acids is 1. The molecule has 0 aliphatic carbocycles. The van der Waals surface area contributed by atoms with Crippen LogP contribution in [0.5, 0.6) is 0 Å². The summed E-state index contributed by atoms with van der Waals surface area (Å²) in [6.07, 6.45) is -2.61. The van der Waals surface area contributed by atoms with Crippen LogP contribution in [-0.2, 0) is 4.79 Å². The van der Waals surface area contributed by atoms with Gasteiger partial charge in [0.15, 0.2) is 0 Å². The highest BCUT2D eigenvalue weighted by Gasteiger charge is 2.41. The molecule has 0 N–H and O–H groups in total. The lowest BCUT2D eigenvalue weighted by atomic mass is 9.99. The van der Waals surface area contributed by atoms with Gasteiger partial charge in [0.1, 0.15) is 0 Å². The van der Waals surface area contributed by atoms with E-state index in [1.807, 2.05) is 0 Å². The van der Waals surface area contributed by atoms with Gasteiger partial charge in [-0.1, -0.05) is 6.92 Å². The van der Waals surface area contributed by atoms with E-state index in [0.29, 0.717) is 4.90 Å². The van der Waals surface area contributed by atoms with E-state index in [-0.39, 0.29) is 5.69 Å². The summed E-state index contributed by atoms with van der Waals surface area (Å²) in [7, 11) is 1.13. The van der Waals surface area contributed by atoms with Crippen molar-refractivity contribution in [3.8, 4) is 0 Å². The summed E-state index contributed by atoms with van der Waals surface area (Å²) in [5.74, 6) is -1.14. The van der Waals surface area contributed by atoms with Gasteiger partial charge < -0.3 is 9.80 Å². The van der Waals surface area contributed by atoms with Crippen LogP contribution in [0.15, 0.2) is 24.3 Å². The van der Waals surface area contributed by atoms with Gasteiger partial charge in [0.2, 0.25) is 0 Å². The molecule has 21 heavy (non-hydrogen) atoms. The fraction of sp³-hybridized carbons (Fsp3) is 0.533. The largest absolute Gasteiger partial charge is 0.471 e. The van der Waals surface area contributed by atoms with Crippen molar-refractivity contribution >= 4 is 17.3 Å². The Morgan fingerprint density at radius 1 is 1.19 bits per heavy atom. The van der Waals surface area contributed by atoms with Crippen molar-refractivity contribution in [2.75, 3.05) is 29.9 Å². The molecule has 0 spiro atoms. The topological polar surface area (TPSA) is 23.6 Å². The normalized spacial score (nSPS) is 16.9. The van der Waals surface area contributed by atoms with Crippen molar-refractivity contribution in [2.24, 2.45) is 5.92 Å². The third kappa shape index (κ3) is 3.68. The second kappa shape index (κ2) is 5.95. The van der Waals surface area contributed by atoms with Crippen LogP contribution >= 0.6 is 0 Å². The molecular weight excluding hydrogens is 281 g/mol. The van der Waals surface area contributed by atoms with E-state index in [0.717, 1.165) is 44.6 Å². The summed E-state index contributed by atoms with van der Waals surface area (Å²) in [5.41, 5.74) is 1.23. The fourth-order valence-electron chi connectivity index (χ4n) is 2.46. The van der Waals surface area contributed by atoms with Crippen molar-refractivity contribution in [1.29, 1.82) is 0 Å². The van der Waals surface area contributed by atoms with E-state index in [2.05, 4.69) is 11.8 Å². The summed E-state index contributed by atoms with van der Waals surface area (Å²) >= 11 is 0. The molecule has 0 aromatic heterocycles. The minimum atomic E-state index is -4.85. The number of hydrogen-bond acceptors (Lipinski definition) is 2. The van der Waals surface area contributed by atoms with Gasteiger partial charge in [-0.15, -0.1) is 0 Å². The number of halogens is 3. The maximum atomic E-state index is 12.4. The van der Waals surface area contributed by atoms with Crippen LogP contribution in [0.3, 0.4) is 0 Å². The van der Waals surface area contributed by atoms with Crippen molar-refractivity contribution in [3.05, 3.63) is 24.3 Å². The zero-order valence-electron chi connectivity index (χ0n) is 12.2. The van der Waals surface area contributed by atoms with E-state index < -0.39 is 12.1 Å². The van der Waals surface area contributed by atoms with Gasteiger partial charge in [-0.05, 0) is 43.0 Å². The quantitative estimate of drug-likeness (QED) is 0.835. The lowest BCUT2D eigenvalue weighted by Crippen LogP contribution is -2.38. The smallest absolute Gasteiger partial charge is 0.372 e. The molecule has 1 amide bonds. The summed E-state index contributed by atoms with van der Waals surface area (Å²) in [5, 5.41) is 0. The lowest BCUT2D eigenvalue weighted by Gasteiger charge is -2.32. The first-order valence-electron chi connectivity index (χ1n) is 6.99. The first-order valence-corrected chi connectivity index (χ1v) is 6.99. The zero-order valence-corrected chi connectivity index (χ0v) is 12.2. The van der Waals surface area contributed by atoms with Crippen LogP contribution in [0.4, 0.5) is 24.5 Å². The number of piperidine rings is 1. The first kappa shape index (κ1) is 15.7. The second-order valence-electron chi connectivity index (χ2n) is 5.55. The third-order valence-corrected chi connectivity index (χ3v) is 3.93. The van der Waals surface area contributed by atoms with Gasteiger partial charge in [-0.2, -0.15) is 13.2 Å². The minimum absolute atomic E-state index is 0.242. The standard InChI is InChI=1S/C15H19F3N2O/c1-11-7-9-20(10-8-11)13-5-3-12(4-6-13)19(2)14(21)15(16,17)18/h3-6,11H,7-10H2,1-2H3. The van der Waals surface area contributed by atoms with Gasteiger partial charge in [-0.25, -0.2) is 0 Å². The van der Waals surface area contributed by atoms with Crippen LogP contribution in [0.25, 0.3) is 0 Å². The van der Waals surface area contributed by atoms with E-state index >= 15 is 0 Å². The molecule has 0 radical (unpaired) electrons. The molecule has 1 aromatic carbocycles. The molecular formula is C15H19F3N2O. The molecule has 1 aliphatic heterocycles. The highest BCUT2D eigenvalue weighted by molar-refractivity contribution is 5.96. The van der Waals surface area contributed by atoms with Crippen LogP contribution in [-0.4, -0.2) is 32.2 Å². The van der Waals surface area contributed by atoms with Gasteiger partial charge in [0.05, 0.1) is 0 Å². The average Bonchev–Trinajstić information content (AvgIpc) is 2.46. The third-order valence-electron chi connectivity index (χ3n) is 3.93.